The van der Waals surface area contributed by atoms with Crippen molar-refractivity contribution in [1.82, 2.24) is 9.47 Å². The molecule has 0 spiro atoms. The Balaban J connectivity index is 1.85. The number of hydrogen-bond acceptors (Lipinski definition) is 3. The van der Waals surface area contributed by atoms with Gasteiger partial charge in [0.2, 0.25) is 5.43 Å². The monoisotopic (exact) mass is 428 g/mol. The average Bonchev–Trinajstić information content (AvgIpc) is 3.46. The Morgan fingerprint density at radius 1 is 1.10 bits per heavy atom. The molecule has 3 aromatic rings. The standard InChI is InChI=1S/C23H19F3N2O3/c1-27-9-13-3-2-12(8-14(13)10-27)16-6-7-17-20(19(16)23(24,25)26)28(15-4-5-15)11-18(21(17)29)22(30)31/h2-3,6-8,11,15H,4-5,9-10H2,1H3,(H,30,31). The Morgan fingerprint density at radius 3 is 2.45 bits per heavy atom. The van der Waals surface area contributed by atoms with Gasteiger partial charge in [-0.15, -0.1) is 0 Å². The summed E-state index contributed by atoms with van der Waals surface area (Å²) < 4.78 is 44.6. The van der Waals surface area contributed by atoms with Crippen molar-refractivity contribution >= 4 is 16.9 Å². The van der Waals surface area contributed by atoms with Gasteiger partial charge in [0.15, 0.2) is 0 Å². The number of alkyl halides is 3. The minimum atomic E-state index is -4.72. The summed E-state index contributed by atoms with van der Waals surface area (Å²) in [6.45, 7) is 1.41. The van der Waals surface area contributed by atoms with Crippen LogP contribution in [-0.2, 0) is 19.3 Å². The van der Waals surface area contributed by atoms with Crippen molar-refractivity contribution in [2.24, 2.45) is 0 Å². The van der Waals surface area contributed by atoms with E-state index in [9.17, 15) is 27.9 Å². The highest BCUT2D eigenvalue weighted by molar-refractivity contribution is 5.96. The fourth-order valence-electron chi connectivity index (χ4n) is 4.50. The fourth-order valence-corrected chi connectivity index (χ4v) is 4.50. The van der Waals surface area contributed by atoms with Gasteiger partial charge in [-0.1, -0.05) is 18.2 Å². The molecule has 0 radical (unpaired) electrons. The number of carbonyl (C=O) groups is 1. The van der Waals surface area contributed by atoms with Gasteiger partial charge in [0.1, 0.15) is 5.56 Å². The van der Waals surface area contributed by atoms with E-state index >= 15 is 0 Å². The first-order chi connectivity index (χ1) is 14.6. The summed E-state index contributed by atoms with van der Waals surface area (Å²) in [5, 5.41) is 9.17. The minimum Gasteiger partial charge on any atom is -0.477 e. The molecule has 0 saturated heterocycles. The molecule has 5 nitrogen and oxygen atoms in total. The number of aromatic nitrogens is 1. The maximum absolute atomic E-state index is 14.4. The lowest BCUT2D eigenvalue weighted by molar-refractivity contribution is -0.136. The molecule has 1 aliphatic heterocycles. The van der Waals surface area contributed by atoms with Crippen molar-refractivity contribution in [3.63, 3.8) is 0 Å². The molecule has 0 atom stereocenters. The Hall–Kier alpha value is -3.13. The maximum atomic E-state index is 14.4. The van der Waals surface area contributed by atoms with E-state index < -0.39 is 28.7 Å². The van der Waals surface area contributed by atoms with Crippen molar-refractivity contribution in [2.45, 2.75) is 38.1 Å². The lowest BCUT2D eigenvalue weighted by atomic mass is 9.93. The molecule has 1 N–H and O–H groups in total. The maximum Gasteiger partial charge on any atom is 0.419 e. The summed E-state index contributed by atoms with van der Waals surface area (Å²) in [5.74, 6) is -1.44. The molecule has 1 aliphatic carbocycles. The van der Waals surface area contributed by atoms with E-state index in [1.807, 2.05) is 13.1 Å². The third kappa shape index (κ3) is 3.22. The van der Waals surface area contributed by atoms with Crippen LogP contribution in [0, 0.1) is 0 Å². The van der Waals surface area contributed by atoms with Crippen LogP contribution in [0.1, 0.15) is 45.9 Å². The minimum absolute atomic E-state index is 0.00534. The van der Waals surface area contributed by atoms with Crippen LogP contribution in [0.4, 0.5) is 13.2 Å². The van der Waals surface area contributed by atoms with Crippen LogP contribution in [0.2, 0.25) is 0 Å². The Kier molecular flexibility index (Phi) is 4.27. The van der Waals surface area contributed by atoms with Gasteiger partial charge in [-0.3, -0.25) is 9.69 Å². The number of carboxylic acids is 1. The molecule has 8 heteroatoms. The molecule has 1 fully saturated rings. The van der Waals surface area contributed by atoms with E-state index in [1.165, 1.54) is 16.7 Å². The van der Waals surface area contributed by atoms with E-state index in [4.69, 9.17) is 0 Å². The number of benzene rings is 2. The predicted octanol–water partition coefficient (Wildman–Crippen LogP) is 4.67. The zero-order valence-electron chi connectivity index (χ0n) is 16.7. The van der Waals surface area contributed by atoms with E-state index in [-0.39, 0.29) is 22.5 Å². The largest absolute Gasteiger partial charge is 0.477 e. The number of nitrogens with zero attached hydrogens (tertiary/aromatic N) is 2. The van der Waals surface area contributed by atoms with E-state index in [0.29, 0.717) is 24.9 Å². The van der Waals surface area contributed by atoms with Gasteiger partial charge in [-0.25, -0.2) is 4.79 Å². The summed E-state index contributed by atoms with van der Waals surface area (Å²) in [7, 11) is 1.95. The highest BCUT2D eigenvalue weighted by Gasteiger charge is 2.39. The van der Waals surface area contributed by atoms with Crippen LogP contribution in [0.25, 0.3) is 22.0 Å². The number of aromatic carboxylic acids is 1. The quantitative estimate of drug-likeness (QED) is 0.659. The van der Waals surface area contributed by atoms with E-state index in [2.05, 4.69) is 4.90 Å². The van der Waals surface area contributed by atoms with E-state index in [0.717, 1.165) is 23.9 Å². The highest BCUT2D eigenvalue weighted by Crippen LogP contribution is 2.45. The summed E-state index contributed by atoms with van der Waals surface area (Å²) in [4.78, 5) is 26.3. The Labute approximate surface area is 175 Å². The first-order valence-corrected chi connectivity index (χ1v) is 9.98. The van der Waals surface area contributed by atoms with Crippen LogP contribution >= 0.6 is 0 Å². The van der Waals surface area contributed by atoms with Crippen LogP contribution in [0.3, 0.4) is 0 Å². The fraction of sp³-hybridized carbons (Fsp3) is 0.304. The topological polar surface area (TPSA) is 62.5 Å². The average molecular weight is 428 g/mol. The molecule has 31 heavy (non-hydrogen) atoms. The van der Waals surface area contributed by atoms with Gasteiger partial charge in [-0.05, 0) is 54.3 Å². The van der Waals surface area contributed by atoms with Gasteiger partial charge in [-0.2, -0.15) is 13.2 Å². The van der Waals surface area contributed by atoms with Gasteiger partial charge >= 0.3 is 12.1 Å². The van der Waals surface area contributed by atoms with Crippen molar-refractivity contribution in [1.29, 1.82) is 0 Å². The van der Waals surface area contributed by atoms with Crippen LogP contribution in [0.5, 0.6) is 0 Å². The predicted molar refractivity (Wildman–Crippen MR) is 109 cm³/mol. The van der Waals surface area contributed by atoms with Gasteiger partial charge < -0.3 is 9.67 Å². The summed E-state index contributed by atoms with van der Waals surface area (Å²) >= 11 is 0. The van der Waals surface area contributed by atoms with Gasteiger partial charge in [0, 0.05) is 30.7 Å². The second-order valence-electron chi connectivity index (χ2n) is 8.35. The molecule has 1 saturated carbocycles. The molecule has 1 aromatic heterocycles. The number of hydrogen-bond donors (Lipinski definition) is 1. The Bertz CT molecular complexity index is 1310. The number of fused-ring (bicyclic) bond motifs is 2. The number of pyridine rings is 1. The molecule has 0 bridgehead atoms. The molecule has 0 unspecified atom stereocenters. The SMILES string of the molecule is CN1Cc2ccc(-c3ccc4c(=O)c(C(=O)O)cn(C5CC5)c4c3C(F)(F)F)cc2C1. The smallest absolute Gasteiger partial charge is 0.419 e. The van der Waals surface area contributed by atoms with Gasteiger partial charge in [0.05, 0.1) is 11.1 Å². The van der Waals surface area contributed by atoms with Crippen LogP contribution < -0.4 is 5.43 Å². The zero-order chi connectivity index (χ0) is 22.1. The second kappa shape index (κ2) is 6.68. The third-order valence-electron chi connectivity index (χ3n) is 6.05. The highest BCUT2D eigenvalue weighted by atomic mass is 19.4. The molecular weight excluding hydrogens is 409 g/mol. The zero-order valence-corrected chi connectivity index (χ0v) is 16.7. The second-order valence-corrected chi connectivity index (χ2v) is 8.35. The molecule has 0 amide bonds. The van der Waals surface area contributed by atoms with Crippen LogP contribution in [-0.4, -0.2) is 27.6 Å². The summed E-state index contributed by atoms with van der Waals surface area (Å²) in [5.41, 5.74) is -0.0459. The molecule has 5 rings (SSSR count). The Morgan fingerprint density at radius 2 is 1.81 bits per heavy atom. The lowest BCUT2D eigenvalue weighted by Gasteiger charge is -2.20. The van der Waals surface area contributed by atoms with Crippen LogP contribution in [0.15, 0.2) is 41.3 Å². The third-order valence-corrected chi connectivity index (χ3v) is 6.05. The molecule has 160 valence electrons. The van der Waals surface area contributed by atoms with Crippen molar-refractivity contribution in [3.8, 4) is 11.1 Å². The van der Waals surface area contributed by atoms with Crippen molar-refractivity contribution < 1.29 is 23.1 Å². The number of carboxylic acid groups (broad SMARTS) is 1. The summed E-state index contributed by atoms with van der Waals surface area (Å²) in [6.07, 6.45) is -2.37. The molecule has 2 aliphatic rings. The molecular formula is C23H19F3N2O3. The summed E-state index contributed by atoms with van der Waals surface area (Å²) in [6, 6.07) is 7.68. The van der Waals surface area contributed by atoms with Gasteiger partial charge in [0.25, 0.3) is 0 Å². The number of halogens is 3. The van der Waals surface area contributed by atoms with Crippen molar-refractivity contribution in [2.75, 3.05) is 7.05 Å². The first kappa shape index (κ1) is 19.8. The molecule has 2 heterocycles. The van der Waals surface area contributed by atoms with Crippen molar-refractivity contribution in [3.05, 3.63) is 69.0 Å². The normalized spacial score (nSPS) is 16.6. The number of rotatable bonds is 3. The molecule has 2 aromatic carbocycles. The van der Waals surface area contributed by atoms with E-state index in [1.54, 1.807) is 12.1 Å². The lowest BCUT2D eigenvalue weighted by Crippen LogP contribution is -2.21. The first-order valence-electron chi connectivity index (χ1n) is 9.98.